The molecule has 1 saturated carbocycles. The third-order valence-electron chi connectivity index (χ3n) is 5.95. The maximum atomic E-state index is 13.0. The largest absolute Gasteiger partial charge is 0.493 e. The first kappa shape index (κ1) is 22.8. The number of hydrogen-bond acceptors (Lipinski definition) is 5. The number of fused-ring (bicyclic) bond motifs is 1. The van der Waals surface area contributed by atoms with Gasteiger partial charge < -0.3 is 25.1 Å². The number of methoxy groups -OCH3 is 1. The molecule has 0 unspecified atom stereocenters. The predicted molar refractivity (Wildman–Crippen MR) is 125 cm³/mol. The number of aromatic nitrogens is 2. The standard InChI is InChI=1S/C25H30N4O4/c1-32-16-24(30)29-22-14-17(15-33-18-7-3-2-4-8-18)13-19(22)25(31)26-12-11-23-27-20-9-5-6-10-21(20)28-23/h2-10,17,19,22H,11-16H2,1H3,(H,26,31)(H,27,28)(H,29,30)/t17-,19-,22-/m1/s1. The number of imidazole rings is 1. The van der Waals surface area contributed by atoms with Gasteiger partial charge in [0, 0.05) is 26.1 Å². The van der Waals surface area contributed by atoms with Crippen LogP contribution in [-0.2, 0) is 20.7 Å². The Morgan fingerprint density at radius 2 is 1.88 bits per heavy atom. The molecule has 3 aromatic rings. The quantitative estimate of drug-likeness (QED) is 0.440. The van der Waals surface area contributed by atoms with E-state index in [0.717, 1.165) is 22.6 Å². The highest BCUT2D eigenvalue weighted by Crippen LogP contribution is 2.32. The van der Waals surface area contributed by atoms with E-state index in [4.69, 9.17) is 9.47 Å². The van der Waals surface area contributed by atoms with Gasteiger partial charge in [0.1, 0.15) is 18.2 Å². The van der Waals surface area contributed by atoms with Crippen molar-refractivity contribution in [3.63, 3.8) is 0 Å². The number of hydrogen-bond donors (Lipinski definition) is 3. The highest BCUT2D eigenvalue weighted by Gasteiger charge is 2.39. The van der Waals surface area contributed by atoms with Crippen molar-refractivity contribution in [3.8, 4) is 5.75 Å². The molecule has 1 aromatic heterocycles. The van der Waals surface area contributed by atoms with E-state index in [1.54, 1.807) is 0 Å². The lowest BCUT2D eigenvalue weighted by Crippen LogP contribution is -2.45. The lowest BCUT2D eigenvalue weighted by molar-refractivity contribution is -0.128. The minimum atomic E-state index is -0.314. The lowest BCUT2D eigenvalue weighted by atomic mass is 10.0. The van der Waals surface area contributed by atoms with Crippen LogP contribution in [0.5, 0.6) is 5.75 Å². The summed E-state index contributed by atoms with van der Waals surface area (Å²) < 4.78 is 10.8. The van der Waals surface area contributed by atoms with Crippen molar-refractivity contribution in [2.45, 2.75) is 25.3 Å². The molecule has 3 atom stereocenters. The van der Waals surface area contributed by atoms with Gasteiger partial charge in [0.2, 0.25) is 11.8 Å². The minimum Gasteiger partial charge on any atom is -0.493 e. The summed E-state index contributed by atoms with van der Waals surface area (Å²) in [5.74, 6) is 1.22. The summed E-state index contributed by atoms with van der Waals surface area (Å²) in [4.78, 5) is 33.0. The highest BCUT2D eigenvalue weighted by atomic mass is 16.5. The van der Waals surface area contributed by atoms with Crippen LogP contribution in [0.2, 0.25) is 0 Å². The maximum Gasteiger partial charge on any atom is 0.246 e. The lowest BCUT2D eigenvalue weighted by Gasteiger charge is -2.20. The fourth-order valence-electron chi connectivity index (χ4n) is 4.40. The predicted octanol–water partition coefficient (Wildman–Crippen LogP) is 2.46. The molecule has 2 aromatic carbocycles. The van der Waals surface area contributed by atoms with Gasteiger partial charge in [-0.25, -0.2) is 4.98 Å². The van der Waals surface area contributed by atoms with Crippen molar-refractivity contribution in [2.75, 3.05) is 26.9 Å². The molecule has 8 nitrogen and oxygen atoms in total. The van der Waals surface area contributed by atoms with Crippen LogP contribution in [0.1, 0.15) is 18.7 Å². The number of benzene rings is 2. The number of amides is 2. The Hall–Kier alpha value is -3.39. The van der Waals surface area contributed by atoms with E-state index in [-0.39, 0.29) is 36.3 Å². The molecule has 174 valence electrons. The number of carbonyl (C=O) groups is 2. The van der Waals surface area contributed by atoms with Crippen LogP contribution < -0.4 is 15.4 Å². The summed E-state index contributed by atoms with van der Waals surface area (Å²) >= 11 is 0. The van der Waals surface area contributed by atoms with E-state index in [1.807, 2.05) is 54.6 Å². The first-order valence-corrected chi connectivity index (χ1v) is 11.3. The molecule has 1 fully saturated rings. The van der Waals surface area contributed by atoms with Gasteiger partial charge in [0.05, 0.1) is 23.6 Å². The Morgan fingerprint density at radius 3 is 2.67 bits per heavy atom. The number of carbonyl (C=O) groups excluding carboxylic acids is 2. The fraction of sp³-hybridized carbons (Fsp3) is 0.400. The van der Waals surface area contributed by atoms with Crippen molar-refractivity contribution < 1.29 is 19.1 Å². The minimum absolute atomic E-state index is 0.0257. The van der Waals surface area contributed by atoms with Crippen LogP contribution in [0.3, 0.4) is 0 Å². The van der Waals surface area contributed by atoms with E-state index in [9.17, 15) is 9.59 Å². The maximum absolute atomic E-state index is 13.0. The Labute approximate surface area is 193 Å². The van der Waals surface area contributed by atoms with Crippen molar-refractivity contribution >= 4 is 22.8 Å². The third kappa shape index (κ3) is 6.10. The van der Waals surface area contributed by atoms with Gasteiger partial charge in [-0.05, 0) is 43.0 Å². The number of nitrogens with one attached hydrogen (secondary N) is 3. The van der Waals surface area contributed by atoms with E-state index >= 15 is 0 Å². The van der Waals surface area contributed by atoms with Crippen molar-refractivity contribution in [2.24, 2.45) is 11.8 Å². The summed E-state index contributed by atoms with van der Waals surface area (Å²) in [5, 5.41) is 5.99. The van der Waals surface area contributed by atoms with Crippen LogP contribution in [0.25, 0.3) is 11.0 Å². The molecule has 0 saturated heterocycles. The highest BCUT2D eigenvalue weighted by molar-refractivity contribution is 5.82. The third-order valence-corrected chi connectivity index (χ3v) is 5.95. The smallest absolute Gasteiger partial charge is 0.246 e. The molecular formula is C25H30N4O4. The second-order valence-corrected chi connectivity index (χ2v) is 8.42. The summed E-state index contributed by atoms with van der Waals surface area (Å²) in [6.45, 7) is 0.949. The van der Waals surface area contributed by atoms with E-state index in [0.29, 0.717) is 32.4 Å². The monoisotopic (exact) mass is 450 g/mol. The molecule has 0 bridgehead atoms. The van der Waals surface area contributed by atoms with Gasteiger partial charge in [-0.2, -0.15) is 0 Å². The average Bonchev–Trinajstić information content (AvgIpc) is 3.42. The van der Waals surface area contributed by atoms with Crippen LogP contribution in [0.15, 0.2) is 54.6 Å². The Balaban J connectivity index is 1.33. The summed E-state index contributed by atoms with van der Waals surface area (Å²) in [6, 6.07) is 17.2. The number of ether oxygens (including phenoxy) is 2. The van der Waals surface area contributed by atoms with Gasteiger partial charge in [-0.3, -0.25) is 9.59 Å². The number of nitrogens with zero attached hydrogens (tertiary/aromatic N) is 1. The second kappa shape index (κ2) is 11.0. The molecule has 1 aliphatic carbocycles. The molecule has 3 N–H and O–H groups in total. The van der Waals surface area contributed by atoms with Gasteiger partial charge in [0.15, 0.2) is 0 Å². The molecule has 1 heterocycles. The number of H-pyrrole nitrogens is 1. The number of aromatic amines is 1. The fourth-order valence-corrected chi connectivity index (χ4v) is 4.40. The molecule has 0 spiro atoms. The van der Waals surface area contributed by atoms with Gasteiger partial charge in [-0.15, -0.1) is 0 Å². The Kier molecular flexibility index (Phi) is 7.57. The molecule has 0 aliphatic heterocycles. The van der Waals surface area contributed by atoms with Crippen molar-refractivity contribution in [3.05, 3.63) is 60.4 Å². The molecular weight excluding hydrogens is 420 g/mol. The van der Waals surface area contributed by atoms with Crippen LogP contribution in [0, 0.1) is 11.8 Å². The van der Waals surface area contributed by atoms with Crippen molar-refractivity contribution in [1.82, 2.24) is 20.6 Å². The van der Waals surface area contributed by atoms with Crippen LogP contribution >= 0.6 is 0 Å². The summed E-state index contributed by atoms with van der Waals surface area (Å²) in [5.41, 5.74) is 1.90. The molecule has 0 radical (unpaired) electrons. The zero-order chi connectivity index (χ0) is 23.0. The molecule has 4 rings (SSSR count). The zero-order valence-corrected chi connectivity index (χ0v) is 18.8. The summed E-state index contributed by atoms with van der Waals surface area (Å²) in [6.07, 6.45) is 1.94. The Bertz CT molecular complexity index is 1040. The van der Waals surface area contributed by atoms with Gasteiger partial charge >= 0.3 is 0 Å². The SMILES string of the molecule is COCC(=O)N[C@@H]1C[C@H](COc2ccccc2)C[C@H]1C(=O)NCCc1nc2ccccc2[nH]1. The van der Waals surface area contributed by atoms with E-state index < -0.39 is 0 Å². The number of para-hydroxylation sites is 3. The van der Waals surface area contributed by atoms with Crippen LogP contribution in [0.4, 0.5) is 0 Å². The van der Waals surface area contributed by atoms with E-state index in [1.165, 1.54) is 7.11 Å². The summed E-state index contributed by atoms with van der Waals surface area (Å²) in [7, 11) is 1.48. The van der Waals surface area contributed by atoms with Gasteiger partial charge in [-0.1, -0.05) is 30.3 Å². The number of rotatable bonds is 10. The molecule has 33 heavy (non-hydrogen) atoms. The molecule has 8 heteroatoms. The zero-order valence-electron chi connectivity index (χ0n) is 18.8. The Morgan fingerprint density at radius 1 is 1.09 bits per heavy atom. The first-order valence-electron chi connectivity index (χ1n) is 11.3. The van der Waals surface area contributed by atoms with Crippen LogP contribution in [-0.4, -0.2) is 54.7 Å². The normalized spacial score (nSPS) is 20.0. The topological polar surface area (TPSA) is 105 Å². The first-order chi connectivity index (χ1) is 16.1. The second-order valence-electron chi connectivity index (χ2n) is 8.42. The molecule has 2 amide bonds. The molecule has 1 aliphatic rings. The average molecular weight is 451 g/mol. The van der Waals surface area contributed by atoms with E-state index in [2.05, 4.69) is 20.6 Å². The van der Waals surface area contributed by atoms with Crippen molar-refractivity contribution in [1.29, 1.82) is 0 Å². The van der Waals surface area contributed by atoms with Gasteiger partial charge in [0.25, 0.3) is 0 Å².